The Morgan fingerprint density at radius 1 is 1.20 bits per heavy atom. The predicted octanol–water partition coefficient (Wildman–Crippen LogP) is -4.29. The van der Waals surface area contributed by atoms with Gasteiger partial charge in [0.2, 0.25) is 0 Å². The van der Waals surface area contributed by atoms with Gasteiger partial charge in [0, 0.05) is 0 Å². The number of nitrogens with one attached hydrogen (secondary N) is 1. The molecule has 1 saturated heterocycles. The van der Waals surface area contributed by atoms with E-state index in [1.165, 1.54) is 5.56 Å². The Bertz CT molecular complexity index is 270. The molecule has 0 saturated carbocycles. The van der Waals surface area contributed by atoms with Crippen LogP contribution in [0.25, 0.3) is 0 Å². The summed E-state index contributed by atoms with van der Waals surface area (Å²) in [6.45, 7) is 0. The van der Waals surface area contributed by atoms with Crippen LogP contribution in [0.4, 0.5) is 0 Å². The van der Waals surface area contributed by atoms with Gasteiger partial charge in [0.05, 0.1) is 0 Å². The van der Waals surface area contributed by atoms with Gasteiger partial charge in [0.1, 0.15) is 0 Å². The molecule has 1 aliphatic rings. The fourth-order valence-corrected chi connectivity index (χ4v) is 4.93. The Morgan fingerprint density at radius 2 is 1.80 bits per heavy atom. The summed E-state index contributed by atoms with van der Waals surface area (Å²) in [6.07, 6.45) is 5.84. The van der Waals surface area contributed by atoms with Gasteiger partial charge in [0.15, 0.2) is 0 Å². The van der Waals surface area contributed by atoms with Crippen molar-refractivity contribution in [1.29, 1.82) is 0 Å². The van der Waals surface area contributed by atoms with Crippen LogP contribution in [0.1, 0.15) is 24.3 Å². The first-order chi connectivity index (χ1) is 6.17. The molecule has 0 spiro atoms. The van der Waals surface area contributed by atoms with Gasteiger partial charge in [-0.1, -0.05) is 0 Å². The molecule has 86 valence electrons. The van der Waals surface area contributed by atoms with Crippen molar-refractivity contribution in [2.75, 3.05) is 0 Å². The van der Waals surface area contributed by atoms with E-state index in [1.54, 1.807) is 0 Å². The van der Waals surface area contributed by atoms with E-state index >= 15 is 0 Å². The van der Waals surface area contributed by atoms with Crippen LogP contribution in [0.15, 0.2) is 18.5 Å². The molecule has 0 aliphatic carbocycles. The second-order valence-corrected chi connectivity index (χ2v) is 8.53. The second kappa shape index (κ2) is 6.28. The molecule has 1 aromatic rings. The van der Waals surface area contributed by atoms with E-state index in [1.807, 2.05) is 12.4 Å². The van der Waals surface area contributed by atoms with Crippen molar-refractivity contribution in [2.45, 2.75) is 28.2 Å². The summed E-state index contributed by atoms with van der Waals surface area (Å²) in [5.74, 6) is 0.546. The predicted molar refractivity (Wildman–Crippen MR) is 46.8 cm³/mol. The van der Waals surface area contributed by atoms with Crippen LogP contribution in [0, 0.1) is 0 Å². The van der Waals surface area contributed by atoms with Crippen LogP contribution < -0.4 is 24.8 Å². The van der Waals surface area contributed by atoms with Crippen LogP contribution in [-0.4, -0.2) is 12.4 Å². The monoisotopic (exact) mass is 287 g/mol. The number of hydrogen-bond donors (Lipinski definition) is 3. The molecule has 1 aromatic heterocycles. The summed E-state index contributed by atoms with van der Waals surface area (Å²) < 4.78 is 20.4. The van der Waals surface area contributed by atoms with Crippen molar-refractivity contribution < 1.29 is 49.6 Å². The van der Waals surface area contributed by atoms with Crippen LogP contribution >= 0.6 is 0 Å². The quantitative estimate of drug-likeness (QED) is 0.458. The zero-order valence-electron chi connectivity index (χ0n) is 8.29. The molecule has 2 heterocycles. The van der Waals surface area contributed by atoms with E-state index in [9.17, 15) is 7.38 Å². The standard InChI is InChI=1S/C9H13N.2ClH.2H2O.Ti/c1-3-8(4-2)9-5-6-10-7-9;;;;;/h5-8,10H,1-4H2;2*1H;2*1H2;/q;;;;;+4/p-4. The normalized spacial score (nSPS) is 18.0. The number of H-pyrrole nitrogens is 1. The van der Waals surface area contributed by atoms with Crippen molar-refractivity contribution >= 4 is 0 Å². The van der Waals surface area contributed by atoms with Crippen LogP contribution in [0.2, 0.25) is 9.45 Å². The van der Waals surface area contributed by atoms with E-state index in [0.29, 0.717) is 15.4 Å². The summed E-state index contributed by atoms with van der Waals surface area (Å²) in [6, 6.07) is 2.08. The van der Waals surface area contributed by atoms with E-state index in [0.717, 1.165) is 12.8 Å². The molecule has 0 radical (unpaired) electrons. The van der Waals surface area contributed by atoms with Gasteiger partial charge >= 0.3 is 82.0 Å². The van der Waals surface area contributed by atoms with Crippen LogP contribution in [-0.2, 0) is 17.4 Å². The van der Waals surface area contributed by atoms with Crippen LogP contribution in [0.5, 0.6) is 0 Å². The summed E-state index contributed by atoms with van der Waals surface area (Å²) in [5, 5.41) is 0. The molecule has 0 atom stereocenters. The SMILES string of the molecule is [Cl-].[Cl-].[OH][Ti+2]1([OH])[CH2]CC(c2cc[nH]c2)C[CH2]1. The van der Waals surface area contributed by atoms with Gasteiger partial charge in [-0.15, -0.1) is 0 Å². The Hall–Kier alpha value is 0.494. The topological polar surface area (TPSA) is 56.2 Å². The Balaban J connectivity index is 0.000000980. The van der Waals surface area contributed by atoms with Gasteiger partial charge in [0.25, 0.3) is 0 Å². The zero-order chi connectivity index (χ0) is 9.31. The van der Waals surface area contributed by atoms with Gasteiger partial charge in [-0.25, -0.2) is 0 Å². The molecule has 2 rings (SSSR count). The average molecular weight is 288 g/mol. The van der Waals surface area contributed by atoms with E-state index in [-0.39, 0.29) is 24.8 Å². The van der Waals surface area contributed by atoms with Crippen LogP contribution in [0.3, 0.4) is 0 Å². The summed E-state index contributed by atoms with van der Waals surface area (Å²) in [4.78, 5) is 3.04. The van der Waals surface area contributed by atoms with Crippen molar-refractivity contribution in [1.82, 2.24) is 4.98 Å². The molecule has 0 amide bonds. The van der Waals surface area contributed by atoms with Crippen molar-refractivity contribution in [3.05, 3.63) is 24.0 Å². The molecule has 0 unspecified atom stereocenters. The zero-order valence-corrected chi connectivity index (χ0v) is 11.4. The minimum atomic E-state index is -3.23. The number of hydrogen-bond acceptors (Lipinski definition) is 2. The molecule has 0 aromatic carbocycles. The third-order valence-electron chi connectivity index (χ3n) is 2.88. The molecule has 3 N–H and O–H groups in total. The number of aromatic nitrogens is 1. The van der Waals surface area contributed by atoms with Crippen molar-refractivity contribution in [2.24, 2.45) is 0 Å². The maximum atomic E-state index is 9.52. The number of halogens is 2. The van der Waals surface area contributed by atoms with Gasteiger partial charge < -0.3 is 24.8 Å². The summed E-state index contributed by atoms with van der Waals surface area (Å²) in [7, 11) is 0. The average Bonchev–Trinajstić information content (AvgIpc) is 2.56. The molecule has 0 bridgehead atoms. The Kier molecular flexibility index (Phi) is 6.49. The second-order valence-electron chi connectivity index (χ2n) is 3.90. The van der Waals surface area contributed by atoms with Gasteiger partial charge in [-0.3, -0.25) is 0 Å². The summed E-state index contributed by atoms with van der Waals surface area (Å²) in [5.41, 5.74) is 1.32. The fraction of sp³-hybridized carbons (Fsp3) is 0.556. The first-order valence-corrected chi connectivity index (χ1v) is 8.35. The third-order valence-corrected chi connectivity index (χ3v) is 6.28. The van der Waals surface area contributed by atoms with E-state index in [2.05, 4.69) is 11.1 Å². The first kappa shape index (κ1) is 15.5. The van der Waals surface area contributed by atoms with E-state index < -0.39 is 17.4 Å². The molecular formula is C9H15Cl2NO2Ti. The Labute approximate surface area is 106 Å². The number of aromatic amines is 1. The molecule has 6 heteroatoms. The summed E-state index contributed by atoms with van der Waals surface area (Å²) >= 11 is -3.23. The van der Waals surface area contributed by atoms with Crippen molar-refractivity contribution in [3.63, 3.8) is 0 Å². The molecular weight excluding hydrogens is 273 g/mol. The first-order valence-electron chi connectivity index (χ1n) is 4.75. The van der Waals surface area contributed by atoms with Gasteiger partial charge in [-0.2, -0.15) is 0 Å². The molecule has 1 fully saturated rings. The van der Waals surface area contributed by atoms with Crippen molar-refractivity contribution in [3.8, 4) is 0 Å². The molecule has 15 heavy (non-hydrogen) atoms. The fourth-order valence-electron chi connectivity index (χ4n) is 2.00. The number of rotatable bonds is 1. The Morgan fingerprint density at radius 3 is 2.27 bits per heavy atom. The third kappa shape index (κ3) is 4.10. The van der Waals surface area contributed by atoms with E-state index in [4.69, 9.17) is 0 Å². The maximum absolute atomic E-state index is 9.52. The molecule has 3 nitrogen and oxygen atoms in total. The van der Waals surface area contributed by atoms with Gasteiger partial charge in [-0.05, 0) is 0 Å². The minimum absolute atomic E-state index is 0. The molecule has 1 aliphatic heterocycles.